The lowest BCUT2D eigenvalue weighted by Gasteiger charge is -1.99. The third kappa shape index (κ3) is 1.33. The molecule has 0 aromatic heterocycles. The first-order valence-electron chi connectivity index (χ1n) is 6.43. The van der Waals surface area contributed by atoms with E-state index in [1.807, 2.05) is 0 Å². The molecule has 4 aromatic rings. The highest BCUT2D eigenvalue weighted by Crippen LogP contribution is 2.30. The molecule has 0 heterocycles. The molecule has 0 saturated heterocycles. The van der Waals surface area contributed by atoms with Gasteiger partial charge in [0.15, 0.2) is 0 Å². The van der Waals surface area contributed by atoms with E-state index >= 15 is 0 Å². The van der Waals surface area contributed by atoms with Gasteiger partial charge in [-0.1, -0.05) is 48.5 Å². The quantitative estimate of drug-likeness (QED) is 0.413. The van der Waals surface area contributed by atoms with E-state index in [4.69, 9.17) is 4.42 Å². The van der Waals surface area contributed by atoms with Gasteiger partial charge >= 0.3 is 5.43 Å². The molecule has 0 bridgehead atoms. The van der Waals surface area contributed by atoms with Crippen LogP contribution in [0.2, 0.25) is 0 Å². The lowest BCUT2D eigenvalue weighted by Crippen LogP contribution is -2.03. The fourth-order valence-corrected chi connectivity index (χ4v) is 3.02. The van der Waals surface area contributed by atoms with Crippen molar-refractivity contribution in [2.45, 2.75) is 0 Å². The van der Waals surface area contributed by atoms with E-state index in [1.54, 1.807) is 7.11 Å². The summed E-state index contributed by atoms with van der Waals surface area (Å²) in [7, 11) is 1.75. The highest BCUT2D eigenvalue weighted by Gasteiger charge is 2.15. The normalized spacial score (nSPS) is 12.8. The van der Waals surface area contributed by atoms with Gasteiger partial charge in [0, 0.05) is 5.39 Å². The van der Waals surface area contributed by atoms with Crippen LogP contribution in [0.15, 0.2) is 65.1 Å². The number of hydrogen-bond donors (Lipinski definition) is 0. The molecule has 0 aliphatic rings. The third-order valence-electron chi connectivity index (χ3n) is 3.82. The molecule has 0 atom stereocenters. The lowest BCUT2D eigenvalue weighted by molar-refractivity contribution is 1.61. The summed E-state index contributed by atoms with van der Waals surface area (Å²) < 4.78 is 5.67. The van der Waals surface area contributed by atoms with Crippen LogP contribution in [0.1, 0.15) is 0 Å². The maximum absolute atomic E-state index is 5.67. The largest absolute Gasteiger partial charge is 0.358 e. The zero-order valence-corrected chi connectivity index (χ0v) is 10.7. The molecule has 19 heavy (non-hydrogen) atoms. The van der Waals surface area contributed by atoms with Gasteiger partial charge in [-0.2, -0.15) is 0 Å². The molecule has 0 N–H and O–H groups in total. The van der Waals surface area contributed by atoms with Gasteiger partial charge in [-0.15, -0.1) is 0 Å². The molecule has 0 aliphatic carbocycles. The molecular formula is C18H13O+. The molecule has 90 valence electrons. The second kappa shape index (κ2) is 3.79. The summed E-state index contributed by atoms with van der Waals surface area (Å²) in [5.41, 5.74) is 0.976. The SMILES string of the molecule is C[O+]=c1c2ccccc2c2ccccc3ccc1c32. The molecule has 0 fully saturated rings. The Kier molecular flexibility index (Phi) is 2.10. The van der Waals surface area contributed by atoms with Crippen molar-refractivity contribution in [2.75, 3.05) is 7.11 Å². The van der Waals surface area contributed by atoms with Crippen LogP contribution in [0.4, 0.5) is 0 Å². The van der Waals surface area contributed by atoms with Crippen LogP contribution in [0.3, 0.4) is 0 Å². The van der Waals surface area contributed by atoms with Crippen molar-refractivity contribution in [3.05, 3.63) is 70.5 Å². The maximum atomic E-state index is 5.67. The van der Waals surface area contributed by atoms with E-state index in [0.29, 0.717) is 0 Å². The predicted molar refractivity (Wildman–Crippen MR) is 82.3 cm³/mol. The minimum absolute atomic E-state index is 0.976. The number of rotatable bonds is 0. The molecule has 1 heteroatoms. The Hall–Kier alpha value is -2.41. The molecule has 0 spiro atoms. The fourth-order valence-electron chi connectivity index (χ4n) is 3.02. The van der Waals surface area contributed by atoms with Crippen LogP contribution in [0.25, 0.3) is 32.3 Å². The Morgan fingerprint density at radius 3 is 2.11 bits per heavy atom. The Bertz CT molecular complexity index is 967. The maximum Gasteiger partial charge on any atom is 0.358 e. The Morgan fingerprint density at radius 1 is 0.632 bits per heavy atom. The second-order valence-electron chi connectivity index (χ2n) is 4.79. The van der Waals surface area contributed by atoms with Crippen LogP contribution in [-0.4, -0.2) is 7.11 Å². The van der Waals surface area contributed by atoms with E-state index in [9.17, 15) is 0 Å². The summed E-state index contributed by atoms with van der Waals surface area (Å²) in [5.74, 6) is 0. The average Bonchev–Trinajstić information content (AvgIpc) is 2.74. The summed E-state index contributed by atoms with van der Waals surface area (Å²) in [6, 6.07) is 21.3. The Labute approximate surface area is 110 Å². The monoisotopic (exact) mass is 245 g/mol. The molecule has 4 rings (SSSR count). The van der Waals surface area contributed by atoms with Gasteiger partial charge in [0.1, 0.15) is 0 Å². The van der Waals surface area contributed by atoms with E-state index in [-0.39, 0.29) is 0 Å². The first-order chi connectivity index (χ1) is 9.40. The molecule has 0 aliphatic heterocycles. The zero-order valence-electron chi connectivity index (χ0n) is 10.7. The standard InChI is InChI=1S/C18H13O/c1-19-18-15-9-5-4-7-13(15)14-8-3-2-6-12-10-11-16(18)17(12)14/h2-11H,1H3/q+1. The molecule has 0 radical (unpaired) electrons. The molecular weight excluding hydrogens is 232 g/mol. The Morgan fingerprint density at radius 2 is 1.32 bits per heavy atom. The van der Waals surface area contributed by atoms with Crippen LogP contribution < -0.4 is 5.43 Å². The predicted octanol–water partition coefficient (Wildman–Crippen LogP) is 4.11. The van der Waals surface area contributed by atoms with Gasteiger partial charge in [-0.05, 0) is 28.3 Å². The van der Waals surface area contributed by atoms with Crippen LogP contribution in [0, 0.1) is 0 Å². The van der Waals surface area contributed by atoms with Crippen molar-refractivity contribution >= 4 is 32.3 Å². The van der Waals surface area contributed by atoms with E-state index < -0.39 is 0 Å². The van der Waals surface area contributed by atoms with Crippen molar-refractivity contribution in [2.24, 2.45) is 0 Å². The van der Waals surface area contributed by atoms with Crippen molar-refractivity contribution in [3.63, 3.8) is 0 Å². The van der Waals surface area contributed by atoms with Gasteiger partial charge in [0.05, 0.1) is 10.8 Å². The van der Waals surface area contributed by atoms with Gasteiger partial charge in [-0.25, -0.2) is 0 Å². The number of hydrogen-bond acceptors (Lipinski definition) is 0. The summed E-state index contributed by atoms with van der Waals surface area (Å²) in [6.07, 6.45) is 0. The first kappa shape index (κ1) is 10.5. The van der Waals surface area contributed by atoms with Crippen LogP contribution >= 0.6 is 0 Å². The van der Waals surface area contributed by atoms with E-state index in [2.05, 4.69) is 60.7 Å². The summed E-state index contributed by atoms with van der Waals surface area (Å²) in [5, 5.41) is 7.47. The Balaban J connectivity index is 2.53. The number of fused-ring (bicyclic) bond motifs is 2. The van der Waals surface area contributed by atoms with Crippen molar-refractivity contribution in [1.29, 1.82) is 0 Å². The molecule has 1 nitrogen and oxygen atoms in total. The highest BCUT2D eigenvalue weighted by molar-refractivity contribution is 6.21. The average molecular weight is 245 g/mol. The minimum Gasteiger partial charge on any atom is -0.257 e. The summed E-state index contributed by atoms with van der Waals surface area (Å²) in [4.78, 5) is 0. The van der Waals surface area contributed by atoms with Crippen molar-refractivity contribution < 1.29 is 0 Å². The van der Waals surface area contributed by atoms with Crippen LogP contribution in [-0.2, 0) is 0 Å². The van der Waals surface area contributed by atoms with Crippen molar-refractivity contribution in [3.8, 4) is 0 Å². The molecule has 0 amide bonds. The summed E-state index contributed by atoms with van der Waals surface area (Å²) in [6.45, 7) is 0. The zero-order chi connectivity index (χ0) is 12.8. The third-order valence-corrected chi connectivity index (χ3v) is 3.82. The topological polar surface area (TPSA) is 11.3 Å². The molecule has 4 aromatic carbocycles. The van der Waals surface area contributed by atoms with Gasteiger partial charge in [0.2, 0.25) is 0 Å². The van der Waals surface area contributed by atoms with Gasteiger partial charge in [-0.3, -0.25) is 4.42 Å². The summed E-state index contributed by atoms with van der Waals surface area (Å²) >= 11 is 0. The molecule has 0 unspecified atom stereocenters. The van der Waals surface area contributed by atoms with Crippen LogP contribution in [0.5, 0.6) is 0 Å². The lowest BCUT2D eigenvalue weighted by atomic mass is 10.0. The van der Waals surface area contributed by atoms with E-state index in [0.717, 1.165) is 5.43 Å². The van der Waals surface area contributed by atoms with Gasteiger partial charge < -0.3 is 0 Å². The van der Waals surface area contributed by atoms with Gasteiger partial charge in [0.25, 0.3) is 7.11 Å². The van der Waals surface area contributed by atoms with Crippen molar-refractivity contribution in [1.82, 2.24) is 0 Å². The van der Waals surface area contributed by atoms with E-state index in [1.165, 1.54) is 32.3 Å². The number of benzene rings is 2. The highest BCUT2D eigenvalue weighted by atomic mass is 16.4. The molecule has 0 saturated carbocycles. The smallest absolute Gasteiger partial charge is 0.257 e. The second-order valence-corrected chi connectivity index (χ2v) is 4.79. The fraction of sp³-hybridized carbons (Fsp3) is 0.0556. The minimum atomic E-state index is 0.976. The first-order valence-corrected chi connectivity index (χ1v) is 6.43.